The highest BCUT2D eigenvalue weighted by molar-refractivity contribution is 5.72. The monoisotopic (exact) mass is 692 g/mol. The number of ether oxygens (including phenoxy) is 4. The van der Waals surface area contributed by atoms with Crippen LogP contribution < -0.4 is 10.5 Å². The molecule has 50 heavy (non-hydrogen) atoms. The van der Waals surface area contributed by atoms with E-state index in [0.717, 1.165) is 42.4 Å². The van der Waals surface area contributed by atoms with Crippen molar-refractivity contribution in [2.75, 3.05) is 20.0 Å². The Hall–Kier alpha value is -3.63. The van der Waals surface area contributed by atoms with Crippen LogP contribution in [-0.2, 0) is 30.2 Å². The summed E-state index contributed by atoms with van der Waals surface area (Å²) in [6.07, 6.45) is 9.82. The van der Waals surface area contributed by atoms with Crippen LogP contribution in [0.25, 0.3) is 11.1 Å². The summed E-state index contributed by atoms with van der Waals surface area (Å²) in [6.45, 7) is 7.41. The summed E-state index contributed by atoms with van der Waals surface area (Å²) < 4.78 is 23.3. The molecule has 2 fully saturated rings. The molecule has 0 spiro atoms. The minimum absolute atomic E-state index is 0.00632. The number of aromatic nitrogens is 1. The fourth-order valence-electron chi connectivity index (χ4n) is 9.31. The first-order chi connectivity index (χ1) is 23.9. The average molecular weight is 693 g/mol. The molecule has 10 heteroatoms. The number of benzene rings is 1. The SMILES string of the molecule is COc1cc(CCC(CC(OC(C)=O)C2CC(O)C3CC(OC)C=CC4CC(C(C)C)C(C2)CC43)OC(C)=O)c(-c2ccnc(N)c2)cc1O. The van der Waals surface area contributed by atoms with Crippen LogP contribution in [0.4, 0.5) is 5.82 Å². The maximum Gasteiger partial charge on any atom is 0.302 e. The molecule has 0 saturated heterocycles. The number of aryl methyl sites for hydroxylation is 1. The van der Waals surface area contributed by atoms with Crippen LogP contribution in [-0.4, -0.2) is 65.8 Å². The van der Waals surface area contributed by atoms with E-state index in [1.54, 1.807) is 31.5 Å². The average Bonchev–Trinajstić information content (AvgIpc) is 3.23. The highest BCUT2D eigenvalue weighted by Gasteiger charge is 2.48. The summed E-state index contributed by atoms with van der Waals surface area (Å²) in [4.78, 5) is 29.2. The zero-order chi connectivity index (χ0) is 36.1. The van der Waals surface area contributed by atoms with E-state index < -0.39 is 30.3 Å². The van der Waals surface area contributed by atoms with Gasteiger partial charge in [0.25, 0.3) is 0 Å². The Morgan fingerprint density at radius 1 is 0.980 bits per heavy atom. The molecule has 3 aliphatic carbocycles. The second-order valence-corrected chi connectivity index (χ2v) is 15.1. The topological polar surface area (TPSA) is 150 Å². The minimum atomic E-state index is -0.577. The molecule has 274 valence electrons. The standard InChI is InChI=1S/C40H56N2O8/c1-22(2)32-14-25-7-9-30(47-5)19-35-34(25)15-28(32)13-29(16-36(35)45)38(50-24(4)44)20-31(49-23(3)43)10-8-26-17-39(48-6)37(46)21-33(26)27-11-12-42-40(41)18-27/h7,9,11-12,17-18,21-22,25,28-32,34-36,38,45-46H,8,10,13-16,19-20H2,1-6H3,(H2,41,42). The number of methoxy groups -OCH3 is 2. The van der Waals surface area contributed by atoms with Crippen molar-refractivity contribution in [3.8, 4) is 22.6 Å². The summed E-state index contributed by atoms with van der Waals surface area (Å²) in [5.74, 6) is 2.04. The Morgan fingerprint density at radius 2 is 1.74 bits per heavy atom. The van der Waals surface area contributed by atoms with Crippen molar-refractivity contribution in [2.45, 2.75) is 103 Å². The number of rotatable bonds is 12. The highest BCUT2D eigenvalue weighted by atomic mass is 16.6. The van der Waals surface area contributed by atoms with Crippen molar-refractivity contribution in [3.05, 3.63) is 48.2 Å². The first kappa shape index (κ1) is 37.6. The van der Waals surface area contributed by atoms with E-state index in [1.807, 2.05) is 6.07 Å². The number of hydrogen-bond donors (Lipinski definition) is 3. The van der Waals surface area contributed by atoms with Crippen molar-refractivity contribution in [1.82, 2.24) is 4.98 Å². The number of anilines is 1. The van der Waals surface area contributed by atoms with Gasteiger partial charge in [0, 0.05) is 33.6 Å². The first-order valence-corrected chi connectivity index (χ1v) is 18.2. The number of carbonyl (C=O) groups is 2. The van der Waals surface area contributed by atoms with Gasteiger partial charge in [0.15, 0.2) is 11.5 Å². The molecule has 10 atom stereocenters. The summed E-state index contributed by atoms with van der Waals surface area (Å²) >= 11 is 0. The number of carbonyl (C=O) groups excluding carboxylic acids is 2. The van der Waals surface area contributed by atoms with Gasteiger partial charge in [-0.05, 0) is 127 Å². The number of aliphatic hydroxyl groups excluding tert-OH is 1. The highest BCUT2D eigenvalue weighted by Crippen LogP contribution is 2.53. The molecular weight excluding hydrogens is 636 g/mol. The molecule has 2 aromatic rings. The van der Waals surface area contributed by atoms with Gasteiger partial charge < -0.3 is 34.9 Å². The number of aliphatic hydroxyl groups is 1. The molecule has 0 radical (unpaired) electrons. The van der Waals surface area contributed by atoms with Crippen molar-refractivity contribution >= 4 is 17.8 Å². The van der Waals surface area contributed by atoms with Gasteiger partial charge in [-0.1, -0.05) is 26.0 Å². The van der Waals surface area contributed by atoms with Crippen molar-refractivity contribution in [2.24, 2.45) is 41.4 Å². The third kappa shape index (κ3) is 8.99. The Morgan fingerprint density at radius 3 is 2.40 bits per heavy atom. The number of allylic oxidation sites excluding steroid dienone is 1. The summed E-state index contributed by atoms with van der Waals surface area (Å²) in [7, 11) is 3.23. The number of nitrogens with zero attached hydrogens (tertiary/aromatic N) is 1. The van der Waals surface area contributed by atoms with Crippen molar-refractivity contribution < 1.29 is 38.7 Å². The second-order valence-electron chi connectivity index (χ2n) is 15.1. The normalized spacial score (nSPS) is 28.9. The quantitative estimate of drug-likeness (QED) is 0.166. The predicted molar refractivity (Wildman–Crippen MR) is 191 cm³/mol. The zero-order valence-corrected chi connectivity index (χ0v) is 30.4. The molecule has 1 aromatic carbocycles. The third-order valence-electron chi connectivity index (χ3n) is 11.6. The molecule has 5 rings (SSSR count). The van der Waals surface area contributed by atoms with Crippen LogP contribution in [0.3, 0.4) is 0 Å². The zero-order valence-electron chi connectivity index (χ0n) is 30.4. The van der Waals surface area contributed by atoms with Crippen molar-refractivity contribution in [3.63, 3.8) is 0 Å². The molecule has 0 amide bonds. The van der Waals surface area contributed by atoms with E-state index in [9.17, 15) is 19.8 Å². The fourth-order valence-corrected chi connectivity index (χ4v) is 9.31. The molecule has 4 N–H and O–H groups in total. The van der Waals surface area contributed by atoms with E-state index in [4.69, 9.17) is 24.7 Å². The molecule has 2 saturated carbocycles. The molecule has 10 nitrogen and oxygen atoms in total. The number of fused-ring (bicyclic) bond motifs is 1. The minimum Gasteiger partial charge on any atom is -0.504 e. The number of phenolic OH excluding ortho intramolecular Hbond substituents is 1. The number of esters is 2. The molecule has 10 unspecified atom stereocenters. The Kier molecular flexibility index (Phi) is 12.5. The van der Waals surface area contributed by atoms with E-state index in [-0.39, 0.29) is 23.7 Å². The van der Waals surface area contributed by atoms with E-state index in [2.05, 4.69) is 31.0 Å². The number of nitrogens with two attached hydrogens (primary N) is 1. The lowest BCUT2D eigenvalue weighted by Crippen LogP contribution is -2.46. The third-order valence-corrected chi connectivity index (χ3v) is 11.6. The van der Waals surface area contributed by atoms with Gasteiger partial charge in [-0.3, -0.25) is 9.59 Å². The van der Waals surface area contributed by atoms with Crippen molar-refractivity contribution in [1.29, 1.82) is 0 Å². The van der Waals surface area contributed by atoms with Gasteiger partial charge in [-0.15, -0.1) is 0 Å². The van der Waals surface area contributed by atoms with Gasteiger partial charge in [0.05, 0.1) is 19.3 Å². The van der Waals surface area contributed by atoms with E-state index in [0.29, 0.717) is 66.8 Å². The predicted octanol–water partition coefficient (Wildman–Crippen LogP) is 6.51. The Labute approximate surface area is 296 Å². The lowest BCUT2D eigenvalue weighted by molar-refractivity contribution is -0.158. The number of aromatic hydroxyl groups is 1. The van der Waals surface area contributed by atoms with Crippen LogP contribution in [0.1, 0.15) is 78.2 Å². The van der Waals surface area contributed by atoms with Crippen LogP contribution in [0.15, 0.2) is 42.6 Å². The Bertz CT molecular complexity index is 1510. The van der Waals surface area contributed by atoms with Crippen LogP contribution >= 0.6 is 0 Å². The van der Waals surface area contributed by atoms with Gasteiger partial charge in [0.1, 0.15) is 18.0 Å². The van der Waals surface area contributed by atoms with Crippen LogP contribution in [0.2, 0.25) is 0 Å². The number of hydrogen-bond acceptors (Lipinski definition) is 10. The second kappa shape index (κ2) is 16.6. The maximum atomic E-state index is 12.7. The molecular formula is C40H56N2O8. The van der Waals surface area contributed by atoms with Gasteiger partial charge in [-0.25, -0.2) is 4.98 Å². The molecule has 0 aliphatic heterocycles. The van der Waals surface area contributed by atoms with Gasteiger partial charge in [0.2, 0.25) is 0 Å². The maximum absolute atomic E-state index is 12.7. The van der Waals surface area contributed by atoms with Crippen LogP contribution in [0, 0.1) is 41.4 Å². The smallest absolute Gasteiger partial charge is 0.302 e. The summed E-state index contributed by atoms with van der Waals surface area (Å²) in [6, 6.07) is 7.00. The summed E-state index contributed by atoms with van der Waals surface area (Å²) in [5, 5.41) is 22.6. The number of nitrogen functional groups attached to an aromatic ring is 1. The van der Waals surface area contributed by atoms with E-state index >= 15 is 0 Å². The molecule has 1 heterocycles. The summed E-state index contributed by atoms with van der Waals surface area (Å²) in [5.41, 5.74) is 8.40. The molecule has 1 aromatic heterocycles. The Balaban J connectivity index is 1.43. The van der Waals surface area contributed by atoms with Gasteiger partial charge >= 0.3 is 11.9 Å². The molecule has 2 bridgehead atoms. The van der Waals surface area contributed by atoms with Crippen LogP contribution in [0.5, 0.6) is 11.5 Å². The lowest BCUT2D eigenvalue weighted by atomic mass is 9.57. The fraction of sp³-hybridized carbons (Fsp3) is 0.625. The first-order valence-electron chi connectivity index (χ1n) is 18.2. The van der Waals surface area contributed by atoms with Gasteiger partial charge in [-0.2, -0.15) is 0 Å². The number of pyridine rings is 1. The largest absolute Gasteiger partial charge is 0.504 e. The lowest BCUT2D eigenvalue weighted by Gasteiger charge is -2.50. The number of phenols is 1. The van der Waals surface area contributed by atoms with E-state index in [1.165, 1.54) is 21.0 Å². The molecule has 3 aliphatic rings.